The number of amides is 1. The molecule has 1 heterocycles. The number of rotatable bonds is 2. The van der Waals surface area contributed by atoms with Gasteiger partial charge in [-0.2, -0.15) is 0 Å². The molecule has 0 atom stereocenters. The number of anilines is 1. The fourth-order valence-corrected chi connectivity index (χ4v) is 5.64. The predicted octanol–water partition coefficient (Wildman–Crippen LogP) is 4.65. The topological polar surface area (TPSA) is 42.0 Å². The van der Waals surface area contributed by atoms with Crippen molar-refractivity contribution in [1.82, 2.24) is 4.98 Å². The Bertz CT molecular complexity index is 569. The van der Waals surface area contributed by atoms with Crippen LogP contribution in [0.25, 0.3) is 0 Å². The maximum absolute atomic E-state index is 12.9. The highest BCUT2D eigenvalue weighted by molar-refractivity contribution is 9.10. The Balaban J connectivity index is 1.59. The summed E-state index contributed by atoms with van der Waals surface area (Å²) in [5.74, 6) is 2.44. The molecule has 4 saturated carbocycles. The molecule has 4 bridgehead atoms. The molecular weight excluding hydrogens is 352 g/mol. The number of nitrogens with zero attached hydrogens (tertiary/aromatic N) is 1. The zero-order valence-corrected chi connectivity index (χ0v) is 14.1. The van der Waals surface area contributed by atoms with E-state index in [9.17, 15) is 4.79 Å². The van der Waals surface area contributed by atoms with Crippen molar-refractivity contribution in [2.24, 2.45) is 23.2 Å². The Morgan fingerprint density at radius 3 is 2.38 bits per heavy atom. The summed E-state index contributed by atoms with van der Waals surface area (Å²) in [4.78, 5) is 17.0. The van der Waals surface area contributed by atoms with E-state index in [0.29, 0.717) is 10.8 Å². The molecule has 5 rings (SSSR count). The van der Waals surface area contributed by atoms with Gasteiger partial charge < -0.3 is 5.32 Å². The summed E-state index contributed by atoms with van der Waals surface area (Å²) < 4.78 is 0.827. The highest BCUT2D eigenvalue weighted by Crippen LogP contribution is 2.60. The smallest absolute Gasteiger partial charge is 0.230 e. The highest BCUT2D eigenvalue weighted by Gasteiger charge is 2.54. The molecule has 5 heteroatoms. The molecule has 0 aromatic carbocycles. The molecule has 0 spiro atoms. The summed E-state index contributed by atoms with van der Waals surface area (Å²) in [6.07, 6.45) is 8.84. The number of hydrogen-bond acceptors (Lipinski definition) is 2. The molecule has 0 unspecified atom stereocenters. The molecule has 112 valence electrons. The largest absolute Gasteiger partial charge is 0.323 e. The van der Waals surface area contributed by atoms with Crippen molar-refractivity contribution < 1.29 is 4.79 Å². The van der Waals surface area contributed by atoms with Crippen LogP contribution < -0.4 is 5.32 Å². The van der Waals surface area contributed by atoms with Crippen LogP contribution in [0.2, 0.25) is 5.15 Å². The van der Waals surface area contributed by atoms with Crippen molar-refractivity contribution in [1.29, 1.82) is 0 Å². The van der Waals surface area contributed by atoms with Crippen molar-refractivity contribution in [3.8, 4) is 0 Å². The number of carbonyl (C=O) groups excluding carboxylic acids is 1. The van der Waals surface area contributed by atoms with E-state index < -0.39 is 0 Å². The van der Waals surface area contributed by atoms with Gasteiger partial charge in [-0.05, 0) is 78.3 Å². The molecule has 0 aliphatic heterocycles. The second kappa shape index (κ2) is 4.95. The van der Waals surface area contributed by atoms with E-state index in [1.54, 1.807) is 6.20 Å². The zero-order valence-electron chi connectivity index (χ0n) is 11.7. The Hall–Kier alpha value is -0.610. The molecule has 0 radical (unpaired) electrons. The molecular formula is C16H18BrClN2O. The molecule has 21 heavy (non-hydrogen) atoms. The van der Waals surface area contributed by atoms with Crippen LogP contribution in [0.3, 0.4) is 0 Å². The lowest BCUT2D eigenvalue weighted by Crippen LogP contribution is -2.51. The van der Waals surface area contributed by atoms with E-state index in [1.165, 1.54) is 19.3 Å². The van der Waals surface area contributed by atoms with Crippen LogP contribution in [0.4, 0.5) is 5.69 Å². The second-order valence-corrected chi connectivity index (χ2v) is 8.42. The number of nitrogens with one attached hydrogen (secondary N) is 1. The Morgan fingerprint density at radius 1 is 1.24 bits per heavy atom. The first-order valence-corrected chi connectivity index (χ1v) is 8.84. The minimum absolute atomic E-state index is 0.152. The number of halogens is 2. The van der Waals surface area contributed by atoms with Gasteiger partial charge >= 0.3 is 0 Å². The van der Waals surface area contributed by atoms with Crippen molar-refractivity contribution in [2.45, 2.75) is 38.5 Å². The van der Waals surface area contributed by atoms with Crippen LogP contribution in [0.5, 0.6) is 0 Å². The van der Waals surface area contributed by atoms with Crippen LogP contribution >= 0.6 is 27.5 Å². The summed E-state index contributed by atoms with van der Waals surface area (Å²) in [6, 6.07) is 1.83. The van der Waals surface area contributed by atoms with Gasteiger partial charge in [0.25, 0.3) is 0 Å². The lowest BCUT2D eigenvalue weighted by atomic mass is 9.49. The van der Waals surface area contributed by atoms with Gasteiger partial charge in [0.15, 0.2) is 5.15 Å². The van der Waals surface area contributed by atoms with Gasteiger partial charge in [0.1, 0.15) is 0 Å². The van der Waals surface area contributed by atoms with E-state index >= 15 is 0 Å². The van der Waals surface area contributed by atoms with Crippen molar-refractivity contribution in [3.05, 3.63) is 21.9 Å². The quantitative estimate of drug-likeness (QED) is 0.771. The molecule has 1 N–H and O–H groups in total. The first kappa shape index (κ1) is 14.0. The molecule has 4 aliphatic rings. The first-order chi connectivity index (χ1) is 10.0. The average molecular weight is 370 g/mol. The summed E-state index contributed by atoms with van der Waals surface area (Å²) in [7, 11) is 0. The van der Waals surface area contributed by atoms with Gasteiger partial charge in [-0.3, -0.25) is 4.79 Å². The third-order valence-corrected chi connectivity index (χ3v) is 6.31. The molecule has 3 nitrogen and oxygen atoms in total. The predicted molar refractivity (Wildman–Crippen MR) is 86.2 cm³/mol. The monoisotopic (exact) mass is 368 g/mol. The molecule has 0 saturated heterocycles. The fourth-order valence-electron chi connectivity index (χ4n) is 5.15. The number of hydrogen-bond donors (Lipinski definition) is 1. The maximum atomic E-state index is 12.9. The van der Waals surface area contributed by atoms with E-state index in [2.05, 4.69) is 26.2 Å². The van der Waals surface area contributed by atoms with E-state index in [1.807, 2.05) is 6.07 Å². The number of carbonyl (C=O) groups is 1. The summed E-state index contributed by atoms with van der Waals surface area (Å²) >= 11 is 9.48. The van der Waals surface area contributed by atoms with E-state index in [-0.39, 0.29) is 11.3 Å². The Labute approximate surface area is 138 Å². The highest BCUT2D eigenvalue weighted by atomic mass is 79.9. The standard InChI is InChI=1S/C16H18BrClN2O/c17-12-4-13(14(18)19-8-12)20-15(21)16-5-9-1-10(6-16)3-11(2-9)7-16/h4,8-11H,1-3,5-7H2,(H,20,21). The fraction of sp³-hybridized carbons (Fsp3) is 0.625. The van der Waals surface area contributed by atoms with E-state index in [0.717, 1.165) is 41.5 Å². The lowest BCUT2D eigenvalue weighted by Gasteiger charge is -2.55. The maximum Gasteiger partial charge on any atom is 0.230 e. The van der Waals surface area contributed by atoms with Crippen molar-refractivity contribution >= 4 is 39.1 Å². The second-order valence-electron chi connectivity index (χ2n) is 7.14. The van der Waals surface area contributed by atoms with Gasteiger partial charge in [-0.25, -0.2) is 4.98 Å². The summed E-state index contributed by atoms with van der Waals surface area (Å²) in [6.45, 7) is 0. The van der Waals surface area contributed by atoms with Crippen LogP contribution in [0.15, 0.2) is 16.7 Å². The molecule has 4 fully saturated rings. The van der Waals surface area contributed by atoms with Gasteiger partial charge in [0.2, 0.25) is 5.91 Å². The molecule has 1 amide bonds. The Kier molecular flexibility index (Phi) is 3.30. The van der Waals surface area contributed by atoms with E-state index in [4.69, 9.17) is 11.6 Å². The van der Waals surface area contributed by atoms with Crippen molar-refractivity contribution in [3.63, 3.8) is 0 Å². The van der Waals surface area contributed by atoms with Gasteiger partial charge in [0.05, 0.1) is 11.1 Å². The van der Waals surface area contributed by atoms with Crippen LogP contribution in [0.1, 0.15) is 38.5 Å². The lowest BCUT2D eigenvalue weighted by molar-refractivity contribution is -0.140. The third-order valence-electron chi connectivity index (χ3n) is 5.57. The molecule has 4 aliphatic carbocycles. The number of aromatic nitrogens is 1. The number of pyridine rings is 1. The molecule has 1 aromatic heterocycles. The first-order valence-electron chi connectivity index (χ1n) is 7.66. The van der Waals surface area contributed by atoms with Crippen LogP contribution in [-0.4, -0.2) is 10.9 Å². The Morgan fingerprint density at radius 2 is 1.81 bits per heavy atom. The third kappa shape index (κ3) is 2.40. The van der Waals surface area contributed by atoms with Gasteiger partial charge in [-0.15, -0.1) is 0 Å². The van der Waals surface area contributed by atoms with Crippen LogP contribution in [0, 0.1) is 23.2 Å². The van der Waals surface area contributed by atoms with Gasteiger partial charge in [-0.1, -0.05) is 11.6 Å². The normalized spacial score (nSPS) is 36.8. The molecule has 1 aromatic rings. The summed E-state index contributed by atoms with van der Waals surface area (Å²) in [5, 5.41) is 3.40. The zero-order chi connectivity index (χ0) is 14.6. The summed E-state index contributed by atoms with van der Waals surface area (Å²) in [5.41, 5.74) is 0.465. The van der Waals surface area contributed by atoms with Crippen molar-refractivity contribution in [2.75, 3.05) is 5.32 Å². The minimum atomic E-state index is -0.152. The SMILES string of the molecule is O=C(Nc1cc(Br)cnc1Cl)C12CC3CC(CC(C3)C1)C2. The van der Waals surface area contributed by atoms with Gasteiger partial charge in [0, 0.05) is 10.7 Å². The average Bonchev–Trinajstić information content (AvgIpc) is 2.41. The minimum Gasteiger partial charge on any atom is -0.323 e. The van der Waals surface area contributed by atoms with Crippen LogP contribution in [-0.2, 0) is 4.79 Å².